The Morgan fingerprint density at radius 2 is 1.86 bits per heavy atom. The normalized spacial score (nSPS) is 10.5. The number of aryl methyl sites for hydroxylation is 1. The van der Waals surface area contributed by atoms with E-state index in [-0.39, 0.29) is 5.91 Å². The lowest BCUT2D eigenvalue weighted by atomic mass is 10.1. The molecule has 110 valence electrons. The summed E-state index contributed by atoms with van der Waals surface area (Å²) in [4.78, 5) is 18.3. The van der Waals surface area contributed by atoms with Crippen molar-refractivity contribution in [1.82, 2.24) is 9.88 Å². The molecule has 2 rings (SSSR count). The number of nitrogens with zero attached hydrogens (tertiary/aromatic N) is 2. The van der Waals surface area contributed by atoms with Crippen LogP contribution in [0, 0.1) is 0 Å². The molecule has 0 radical (unpaired) electrons. The van der Waals surface area contributed by atoms with Gasteiger partial charge < -0.3 is 4.90 Å². The number of pyridine rings is 1. The standard InChI is InChI=1S/C16H16Cl2N2O/c1-3-14-8-12(9-15(18)19-14)16(21)20(2)10-11-4-6-13(17)7-5-11/h4-9H,3,10H2,1-2H3. The Balaban J connectivity index is 2.15. The minimum atomic E-state index is -0.0797. The molecular weight excluding hydrogens is 307 g/mol. The van der Waals surface area contributed by atoms with Crippen molar-refractivity contribution in [2.45, 2.75) is 19.9 Å². The van der Waals surface area contributed by atoms with Gasteiger partial charge >= 0.3 is 0 Å². The maximum Gasteiger partial charge on any atom is 0.254 e. The van der Waals surface area contributed by atoms with Crippen LogP contribution in [0.15, 0.2) is 36.4 Å². The van der Waals surface area contributed by atoms with Gasteiger partial charge in [0.1, 0.15) is 5.15 Å². The first-order valence-corrected chi connectivity index (χ1v) is 7.41. The molecule has 0 aliphatic carbocycles. The molecule has 0 unspecified atom stereocenters. The van der Waals surface area contributed by atoms with Gasteiger partial charge in [-0.1, -0.05) is 42.3 Å². The molecule has 1 amide bonds. The molecule has 0 aliphatic heterocycles. The van der Waals surface area contributed by atoms with E-state index >= 15 is 0 Å². The summed E-state index contributed by atoms with van der Waals surface area (Å²) in [5.41, 5.74) is 2.39. The Bertz CT molecular complexity index is 641. The summed E-state index contributed by atoms with van der Waals surface area (Å²) in [7, 11) is 1.76. The van der Waals surface area contributed by atoms with E-state index in [0.717, 1.165) is 17.7 Å². The molecule has 0 spiro atoms. The lowest BCUT2D eigenvalue weighted by Crippen LogP contribution is -2.26. The van der Waals surface area contributed by atoms with Crippen molar-refractivity contribution in [1.29, 1.82) is 0 Å². The maximum absolute atomic E-state index is 12.4. The number of carbonyl (C=O) groups is 1. The van der Waals surface area contributed by atoms with Gasteiger partial charge in [-0.15, -0.1) is 0 Å². The molecule has 3 nitrogen and oxygen atoms in total. The van der Waals surface area contributed by atoms with Crippen molar-refractivity contribution in [2.24, 2.45) is 0 Å². The Kier molecular flexibility index (Phi) is 5.21. The van der Waals surface area contributed by atoms with Crippen molar-refractivity contribution in [3.8, 4) is 0 Å². The van der Waals surface area contributed by atoms with E-state index < -0.39 is 0 Å². The summed E-state index contributed by atoms with van der Waals surface area (Å²) in [5.74, 6) is -0.0797. The van der Waals surface area contributed by atoms with Crippen LogP contribution in [0.4, 0.5) is 0 Å². The summed E-state index contributed by atoms with van der Waals surface area (Å²) in [6.45, 7) is 2.49. The monoisotopic (exact) mass is 322 g/mol. The average molecular weight is 323 g/mol. The Morgan fingerprint density at radius 1 is 1.19 bits per heavy atom. The topological polar surface area (TPSA) is 33.2 Å². The van der Waals surface area contributed by atoms with E-state index in [1.54, 1.807) is 24.1 Å². The highest BCUT2D eigenvalue weighted by Gasteiger charge is 2.14. The van der Waals surface area contributed by atoms with Crippen LogP contribution in [0.2, 0.25) is 10.2 Å². The number of rotatable bonds is 4. The fraction of sp³-hybridized carbons (Fsp3) is 0.250. The van der Waals surface area contributed by atoms with Crippen LogP contribution in [-0.4, -0.2) is 22.8 Å². The van der Waals surface area contributed by atoms with Gasteiger partial charge in [0.2, 0.25) is 0 Å². The third kappa shape index (κ3) is 4.19. The molecule has 0 N–H and O–H groups in total. The van der Waals surface area contributed by atoms with Gasteiger partial charge in [-0.2, -0.15) is 0 Å². The molecule has 1 heterocycles. The Morgan fingerprint density at radius 3 is 2.48 bits per heavy atom. The second-order valence-corrected chi connectivity index (χ2v) is 5.63. The minimum Gasteiger partial charge on any atom is -0.337 e. The van der Waals surface area contributed by atoms with Crippen molar-refractivity contribution in [3.05, 3.63) is 63.4 Å². The quantitative estimate of drug-likeness (QED) is 0.789. The van der Waals surface area contributed by atoms with E-state index in [1.165, 1.54) is 0 Å². The summed E-state index contributed by atoms with van der Waals surface area (Å²) in [6.07, 6.45) is 0.738. The van der Waals surface area contributed by atoms with Crippen molar-refractivity contribution in [2.75, 3.05) is 7.05 Å². The van der Waals surface area contributed by atoms with E-state index in [0.29, 0.717) is 22.3 Å². The molecule has 0 atom stereocenters. The SMILES string of the molecule is CCc1cc(C(=O)N(C)Cc2ccc(Cl)cc2)cc(Cl)n1. The molecule has 1 aromatic heterocycles. The minimum absolute atomic E-state index is 0.0797. The zero-order chi connectivity index (χ0) is 15.4. The second-order valence-electron chi connectivity index (χ2n) is 4.81. The third-order valence-corrected chi connectivity index (χ3v) is 3.58. The first-order chi connectivity index (χ1) is 9.99. The lowest BCUT2D eigenvalue weighted by Gasteiger charge is -2.18. The molecule has 2 aromatic rings. The molecule has 5 heteroatoms. The first-order valence-electron chi connectivity index (χ1n) is 6.66. The summed E-state index contributed by atoms with van der Waals surface area (Å²) < 4.78 is 0. The molecule has 21 heavy (non-hydrogen) atoms. The fourth-order valence-electron chi connectivity index (χ4n) is 2.01. The van der Waals surface area contributed by atoms with Crippen LogP contribution in [-0.2, 0) is 13.0 Å². The van der Waals surface area contributed by atoms with Crippen molar-refractivity contribution in [3.63, 3.8) is 0 Å². The Labute approximate surface area is 134 Å². The number of benzene rings is 1. The molecular formula is C16H16Cl2N2O. The summed E-state index contributed by atoms with van der Waals surface area (Å²) in [6, 6.07) is 10.8. The molecule has 0 aliphatic rings. The molecule has 0 fully saturated rings. The number of halogens is 2. The zero-order valence-corrected chi connectivity index (χ0v) is 13.4. The number of carbonyl (C=O) groups excluding carboxylic acids is 1. The van der Waals surface area contributed by atoms with Gasteiger partial charge in [0.25, 0.3) is 5.91 Å². The zero-order valence-electron chi connectivity index (χ0n) is 11.9. The molecule has 0 bridgehead atoms. The third-order valence-electron chi connectivity index (χ3n) is 3.14. The highest BCUT2D eigenvalue weighted by atomic mass is 35.5. The van der Waals surface area contributed by atoms with Gasteiger partial charge in [0, 0.05) is 29.9 Å². The summed E-state index contributed by atoms with van der Waals surface area (Å²) >= 11 is 11.8. The van der Waals surface area contributed by atoms with Crippen LogP contribution < -0.4 is 0 Å². The molecule has 0 saturated carbocycles. The number of aromatic nitrogens is 1. The van der Waals surface area contributed by atoms with Crippen LogP contribution >= 0.6 is 23.2 Å². The first kappa shape index (κ1) is 15.8. The van der Waals surface area contributed by atoms with E-state index in [9.17, 15) is 4.79 Å². The smallest absolute Gasteiger partial charge is 0.254 e. The highest BCUT2D eigenvalue weighted by molar-refractivity contribution is 6.30. The highest BCUT2D eigenvalue weighted by Crippen LogP contribution is 2.15. The van der Waals surface area contributed by atoms with Gasteiger partial charge in [-0.25, -0.2) is 4.98 Å². The van der Waals surface area contributed by atoms with Crippen LogP contribution in [0.25, 0.3) is 0 Å². The predicted octanol–water partition coefficient (Wildman–Crippen LogP) is 4.22. The van der Waals surface area contributed by atoms with E-state index in [4.69, 9.17) is 23.2 Å². The summed E-state index contributed by atoms with van der Waals surface area (Å²) in [5, 5.41) is 1.03. The van der Waals surface area contributed by atoms with Gasteiger partial charge in [-0.05, 0) is 36.2 Å². The van der Waals surface area contributed by atoms with Crippen LogP contribution in [0.3, 0.4) is 0 Å². The number of amides is 1. The largest absolute Gasteiger partial charge is 0.337 e. The van der Waals surface area contributed by atoms with E-state index in [1.807, 2.05) is 31.2 Å². The molecule has 0 saturated heterocycles. The van der Waals surface area contributed by atoms with Gasteiger partial charge in [0.15, 0.2) is 0 Å². The lowest BCUT2D eigenvalue weighted by molar-refractivity contribution is 0.0785. The maximum atomic E-state index is 12.4. The van der Waals surface area contributed by atoms with Crippen molar-refractivity contribution < 1.29 is 4.79 Å². The Hall–Kier alpha value is -1.58. The van der Waals surface area contributed by atoms with Crippen LogP contribution in [0.1, 0.15) is 28.5 Å². The van der Waals surface area contributed by atoms with Crippen LogP contribution in [0.5, 0.6) is 0 Å². The second kappa shape index (κ2) is 6.92. The van der Waals surface area contributed by atoms with Crippen molar-refractivity contribution >= 4 is 29.1 Å². The fourth-order valence-corrected chi connectivity index (χ4v) is 2.36. The number of hydrogen-bond donors (Lipinski definition) is 0. The number of hydrogen-bond acceptors (Lipinski definition) is 2. The van der Waals surface area contributed by atoms with Gasteiger partial charge in [-0.3, -0.25) is 4.79 Å². The molecule has 1 aromatic carbocycles. The average Bonchev–Trinajstić information content (AvgIpc) is 2.48. The van der Waals surface area contributed by atoms with Gasteiger partial charge in [0.05, 0.1) is 0 Å². The van der Waals surface area contributed by atoms with E-state index in [2.05, 4.69) is 4.98 Å². The predicted molar refractivity (Wildman–Crippen MR) is 85.9 cm³/mol.